The van der Waals surface area contributed by atoms with Crippen LogP contribution in [0.4, 0.5) is 4.79 Å². The van der Waals surface area contributed by atoms with Crippen LogP contribution in [0.25, 0.3) is 0 Å². The fourth-order valence-corrected chi connectivity index (χ4v) is 6.78. The Balaban J connectivity index is 1.60. The minimum absolute atomic E-state index is 0.346. The molecule has 0 spiro atoms. The van der Waals surface area contributed by atoms with E-state index in [1.807, 2.05) is 0 Å². The highest BCUT2D eigenvalue weighted by Crippen LogP contribution is 2.65. The van der Waals surface area contributed by atoms with Gasteiger partial charge in [-0.2, -0.15) is 5.10 Å². The molecule has 3 N–H and O–H groups in total. The van der Waals surface area contributed by atoms with Crippen molar-refractivity contribution in [2.75, 3.05) is 0 Å². The quantitative estimate of drug-likeness (QED) is 0.689. The van der Waals surface area contributed by atoms with Crippen molar-refractivity contribution in [3.63, 3.8) is 0 Å². The molecule has 24 heavy (non-hydrogen) atoms. The van der Waals surface area contributed by atoms with Crippen LogP contribution >= 0.6 is 0 Å². The monoisotopic (exact) mass is 329 g/mol. The van der Waals surface area contributed by atoms with E-state index in [-0.39, 0.29) is 0 Å². The molecule has 4 aliphatic carbocycles. The van der Waals surface area contributed by atoms with Crippen molar-refractivity contribution < 1.29 is 4.79 Å². The topological polar surface area (TPSA) is 67.5 Å². The lowest BCUT2D eigenvalue weighted by atomic mass is 9.47. The highest BCUT2D eigenvalue weighted by molar-refractivity contribution is 5.97. The Labute approximate surface area is 145 Å². The molecule has 3 fully saturated rings. The second-order valence-corrected chi connectivity index (χ2v) is 9.17. The van der Waals surface area contributed by atoms with Gasteiger partial charge >= 0.3 is 6.03 Å². The Kier molecular flexibility index (Phi) is 3.77. The summed E-state index contributed by atoms with van der Waals surface area (Å²) in [5, 5.41) is 4.19. The highest BCUT2D eigenvalue weighted by atomic mass is 16.2. The van der Waals surface area contributed by atoms with Gasteiger partial charge in [0.15, 0.2) is 0 Å². The Morgan fingerprint density at radius 3 is 2.79 bits per heavy atom. The van der Waals surface area contributed by atoms with Crippen LogP contribution < -0.4 is 11.2 Å². The van der Waals surface area contributed by atoms with E-state index >= 15 is 0 Å². The molecule has 5 atom stereocenters. The normalized spacial score (nSPS) is 45.8. The van der Waals surface area contributed by atoms with Crippen LogP contribution in [0.15, 0.2) is 16.8 Å². The van der Waals surface area contributed by atoms with Crippen LogP contribution in [0.2, 0.25) is 0 Å². The number of rotatable bonds is 1. The van der Waals surface area contributed by atoms with Gasteiger partial charge in [-0.1, -0.05) is 25.8 Å². The lowest BCUT2D eigenvalue weighted by Crippen LogP contribution is -2.49. The second kappa shape index (κ2) is 5.60. The van der Waals surface area contributed by atoms with Crippen molar-refractivity contribution in [3.8, 4) is 0 Å². The second-order valence-electron chi connectivity index (χ2n) is 9.17. The van der Waals surface area contributed by atoms with Gasteiger partial charge in [0, 0.05) is 0 Å². The van der Waals surface area contributed by atoms with E-state index < -0.39 is 6.03 Å². The maximum absolute atomic E-state index is 10.9. The number of nitrogens with two attached hydrogens (primary N) is 1. The lowest BCUT2D eigenvalue weighted by molar-refractivity contribution is -0.0335. The molecule has 0 bridgehead atoms. The number of fused-ring (bicyclic) bond motifs is 5. The van der Waals surface area contributed by atoms with Gasteiger partial charge in [-0.3, -0.25) is 0 Å². The number of hydrazone groups is 1. The number of allylic oxidation sites excluding steroid dienone is 2. The van der Waals surface area contributed by atoms with Crippen molar-refractivity contribution in [3.05, 3.63) is 11.6 Å². The summed E-state index contributed by atoms with van der Waals surface area (Å²) in [6.07, 6.45) is 14.1. The fourth-order valence-electron chi connectivity index (χ4n) is 6.78. The third-order valence-electron chi connectivity index (χ3n) is 8.07. The van der Waals surface area contributed by atoms with Gasteiger partial charge in [-0.15, -0.1) is 0 Å². The largest absolute Gasteiger partial charge is 0.350 e. The van der Waals surface area contributed by atoms with Crippen LogP contribution in [0.1, 0.15) is 71.6 Å². The molecular formula is C20H31N3O. The molecule has 132 valence electrons. The van der Waals surface area contributed by atoms with Crippen LogP contribution in [0.5, 0.6) is 0 Å². The first kappa shape index (κ1) is 16.2. The summed E-state index contributed by atoms with van der Waals surface area (Å²) in [7, 11) is 0. The summed E-state index contributed by atoms with van der Waals surface area (Å²) in [5.74, 6) is 2.73. The standard InChI is InChI=1S/C20H31N3O/c1-19-9-3-4-16(19)15-6-5-13-12-14(22-23-18(21)24)7-11-20(13,2)17(15)8-10-19/h12,15-17H,3-11H2,1-2H3,(H3,21,23,24)/b22-14-/t15-,16-,17-,19+,20-/m1/s1. The van der Waals surface area contributed by atoms with E-state index in [0.29, 0.717) is 10.8 Å². The Morgan fingerprint density at radius 2 is 2.00 bits per heavy atom. The fraction of sp³-hybridized carbons (Fsp3) is 0.800. The number of nitrogens with one attached hydrogen (secondary N) is 1. The molecule has 0 saturated heterocycles. The minimum atomic E-state index is -0.578. The average Bonchev–Trinajstić information content (AvgIpc) is 2.94. The van der Waals surface area contributed by atoms with Crippen LogP contribution in [0, 0.1) is 28.6 Å². The van der Waals surface area contributed by atoms with Gasteiger partial charge in [0.25, 0.3) is 0 Å². The van der Waals surface area contributed by atoms with Gasteiger partial charge in [0.2, 0.25) is 0 Å². The van der Waals surface area contributed by atoms with Gasteiger partial charge in [0.1, 0.15) is 0 Å². The summed E-state index contributed by atoms with van der Waals surface area (Å²) in [6.45, 7) is 5.07. The maximum atomic E-state index is 10.9. The van der Waals surface area contributed by atoms with Gasteiger partial charge < -0.3 is 5.73 Å². The Bertz CT molecular complexity index is 610. The zero-order valence-corrected chi connectivity index (χ0v) is 15.1. The van der Waals surface area contributed by atoms with Crippen LogP contribution in [-0.2, 0) is 0 Å². The first-order valence-electron chi connectivity index (χ1n) is 9.75. The first-order valence-corrected chi connectivity index (χ1v) is 9.75. The van der Waals surface area contributed by atoms with Crippen molar-refractivity contribution in [2.45, 2.75) is 71.6 Å². The zero-order valence-electron chi connectivity index (χ0n) is 15.1. The van der Waals surface area contributed by atoms with Crippen LogP contribution in [0.3, 0.4) is 0 Å². The van der Waals surface area contributed by atoms with E-state index in [0.717, 1.165) is 29.9 Å². The molecule has 0 unspecified atom stereocenters. The highest BCUT2D eigenvalue weighted by Gasteiger charge is 2.55. The summed E-state index contributed by atoms with van der Waals surface area (Å²) < 4.78 is 0. The molecule has 3 saturated carbocycles. The lowest BCUT2D eigenvalue weighted by Gasteiger charge is -2.57. The summed E-state index contributed by atoms with van der Waals surface area (Å²) in [4.78, 5) is 10.9. The number of carbonyl (C=O) groups excluding carboxylic acids is 1. The molecule has 4 aliphatic rings. The molecular weight excluding hydrogens is 298 g/mol. The number of primary amides is 1. The van der Waals surface area contributed by atoms with E-state index in [1.54, 1.807) is 5.57 Å². The molecule has 0 radical (unpaired) electrons. The van der Waals surface area contributed by atoms with Gasteiger partial charge in [-0.05, 0) is 86.0 Å². The summed E-state index contributed by atoms with van der Waals surface area (Å²) in [6, 6.07) is -0.578. The molecule has 4 rings (SSSR count). The molecule has 2 amide bonds. The molecule has 0 aromatic carbocycles. The first-order chi connectivity index (χ1) is 11.4. The van der Waals surface area contributed by atoms with E-state index in [4.69, 9.17) is 5.73 Å². The van der Waals surface area contributed by atoms with Gasteiger partial charge in [0.05, 0.1) is 5.71 Å². The third kappa shape index (κ3) is 2.41. The minimum Gasteiger partial charge on any atom is -0.350 e. The maximum Gasteiger partial charge on any atom is 0.332 e. The Morgan fingerprint density at radius 1 is 1.17 bits per heavy atom. The predicted octanol–water partition coefficient (Wildman–Crippen LogP) is 4.36. The van der Waals surface area contributed by atoms with Crippen LogP contribution in [-0.4, -0.2) is 11.7 Å². The van der Waals surface area contributed by atoms with Gasteiger partial charge in [-0.25, -0.2) is 10.2 Å². The zero-order chi connectivity index (χ0) is 16.9. The molecule has 4 nitrogen and oxygen atoms in total. The molecule has 0 aliphatic heterocycles. The summed E-state index contributed by atoms with van der Waals surface area (Å²) >= 11 is 0. The number of urea groups is 1. The molecule has 4 heteroatoms. The van der Waals surface area contributed by atoms with Crippen molar-refractivity contribution in [1.82, 2.24) is 5.43 Å². The smallest absolute Gasteiger partial charge is 0.332 e. The van der Waals surface area contributed by atoms with E-state index in [1.165, 1.54) is 51.4 Å². The molecule has 0 aromatic rings. The van der Waals surface area contributed by atoms with Crippen molar-refractivity contribution in [2.24, 2.45) is 39.4 Å². The van der Waals surface area contributed by atoms with Crippen molar-refractivity contribution in [1.29, 1.82) is 0 Å². The summed E-state index contributed by atoms with van der Waals surface area (Å²) in [5.41, 5.74) is 11.1. The third-order valence-corrected chi connectivity index (χ3v) is 8.07. The van der Waals surface area contributed by atoms with E-state index in [9.17, 15) is 4.79 Å². The Hall–Kier alpha value is -1.32. The number of hydrogen-bond donors (Lipinski definition) is 2. The number of hydrogen-bond acceptors (Lipinski definition) is 2. The number of nitrogens with zero attached hydrogens (tertiary/aromatic N) is 1. The number of carbonyl (C=O) groups is 1. The van der Waals surface area contributed by atoms with Crippen molar-refractivity contribution >= 4 is 11.7 Å². The average molecular weight is 329 g/mol. The van der Waals surface area contributed by atoms with E-state index in [2.05, 4.69) is 30.5 Å². The molecule has 0 aromatic heterocycles. The predicted molar refractivity (Wildman–Crippen MR) is 96.5 cm³/mol. The molecule has 0 heterocycles. The SMILES string of the molecule is C[C@@]12CCC[C@@H]1[C@H]1CCC3=C/C(=N\NC(N)=O)CC[C@@]3(C)[C@@H]1CC2. The number of amides is 2.